The lowest BCUT2D eigenvalue weighted by Crippen LogP contribution is -2.16. The average molecular weight is 211 g/mol. The van der Waals surface area contributed by atoms with Crippen LogP contribution < -0.4 is 11.1 Å². The van der Waals surface area contributed by atoms with E-state index in [0.29, 0.717) is 18.7 Å². The number of nitrogens with two attached hydrogens (primary N) is 1. The van der Waals surface area contributed by atoms with E-state index in [1.165, 1.54) is 6.07 Å². The lowest BCUT2D eigenvalue weighted by Gasteiger charge is -2.07. The third-order valence-corrected chi connectivity index (χ3v) is 1.95. The number of aryl methyl sites for hydroxylation is 1. The van der Waals surface area contributed by atoms with Crippen molar-refractivity contribution in [3.8, 4) is 0 Å². The number of benzene rings is 1. The zero-order valence-electron chi connectivity index (χ0n) is 8.50. The highest BCUT2D eigenvalue weighted by atomic mass is 19.1. The minimum Gasteiger partial charge on any atom is -0.409 e. The first kappa shape index (κ1) is 11.3. The lowest BCUT2D eigenvalue weighted by atomic mass is 10.2. The van der Waals surface area contributed by atoms with Gasteiger partial charge in [0, 0.05) is 13.0 Å². The van der Waals surface area contributed by atoms with Gasteiger partial charge < -0.3 is 16.3 Å². The van der Waals surface area contributed by atoms with Gasteiger partial charge in [-0.05, 0) is 24.6 Å². The molecule has 0 unspecified atom stereocenters. The van der Waals surface area contributed by atoms with Gasteiger partial charge in [0.2, 0.25) is 0 Å². The van der Waals surface area contributed by atoms with Crippen molar-refractivity contribution in [1.29, 1.82) is 0 Å². The summed E-state index contributed by atoms with van der Waals surface area (Å²) in [5.41, 5.74) is 6.56. The van der Waals surface area contributed by atoms with Crippen LogP contribution in [0.15, 0.2) is 23.4 Å². The maximum Gasteiger partial charge on any atom is 0.146 e. The van der Waals surface area contributed by atoms with Crippen molar-refractivity contribution in [2.24, 2.45) is 10.9 Å². The summed E-state index contributed by atoms with van der Waals surface area (Å²) in [6, 6.07) is 4.93. The van der Waals surface area contributed by atoms with Gasteiger partial charge in [-0.3, -0.25) is 0 Å². The highest BCUT2D eigenvalue weighted by Crippen LogP contribution is 2.14. The largest absolute Gasteiger partial charge is 0.409 e. The third kappa shape index (κ3) is 3.46. The van der Waals surface area contributed by atoms with Crippen LogP contribution in [0.25, 0.3) is 0 Å². The molecule has 1 aromatic rings. The van der Waals surface area contributed by atoms with E-state index in [9.17, 15) is 4.39 Å². The molecule has 0 aliphatic rings. The predicted octanol–water partition coefficient (Wildman–Crippen LogP) is 1.68. The molecule has 0 saturated heterocycles. The van der Waals surface area contributed by atoms with Crippen LogP contribution >= 0.6 is 0 Å². The first-order valence-electron chi connectivity index (χ1n) is 4.60. The number of oxime groups is 1. The Labute approximate surface area is 87.6 Å². The molecule has 82 valence electrons. The summed E-state index contributed by atoms with van der Waals surface area (Å²) < 4.78 is 13.3. The van der Waals surface area contributed by atoms with Crippen LogP contribution in [0, 0.1) is 12.7 Å². The second kappa shape index (κ2) is 5.19. The second-order valence-electron chi connectivity index (χ2n) is 3.25. The number of nitrogens with one attached hydrogen (secondary N) is 1. The fraction of sp³-hybridized carbons (Fsp3) is 0.300. The van der Waals surface area contributed by atoms with Crippen LogP contribution in [-0.2, 0) is 0 Å². The van der Waals surface area contributed by atoms with Gasteiger partial charge in [-0.1, -0.05) is 11.2 Å². The van der Waals surface area contributed by atoms with Gasteiger partial charge in [0.05, 0.1) is 5.69 Å². The number of rotatable bonds is 4. The summed E-state index contributed by atoms with van der Waals surface area (Å²) in [5, 5.41) is 14.0. The lowest BCUT2D eigenvalue weighted by molar-refractivity contribution is 0.317. The third-order valence-electron chi connectivity index (χ3n) is 1.95. The Balaban J connectivity index is 2.51. The minimum absolute atomic E-state index is 0.120. The molecule has 0 fully saturated rings. The molecule has 0 aliphatic carbocycles. The van der Waals surface area contributed by atoms with E-state index in [2.05, 4.69) is 10.5 Å². The van der Waals surface area contributed by atoms with Crippen LogP contribution in [0.5, 0.6) is 0 Å². The van der Waals surface area contributed by atoms with E-state index < -0.39 is 0 Å². The maximum absolute atomic E-state index is 13.3. The average Bonchev–Trinajstić information content (AvgIpc) is 2.21. The van der Waals surface area contributed by atoms with Gasteiger partial charge in [-0.15, -0.1) is 0 Å². The quantitative estimate of drug-likeness (QED) is 0.307. The molecule has 0 radical (unpaired) electrons. The molecule has 0 heterocycles. The fourth-order valence-corrected chi connectivity index (χ4v) is 1.14. The van der Waals surface area contributed by atoms with Crippen LogP contribution in [0.3, 0.4) is 0 Å². The van der Waals surface area contributed by atoms with E-state index in [0.717, 1.165) is 5.56 Å². The van der Waals surface area contributed by atoms with Crippen molar-refractivity contribution in [2.45, 2.75) is 13.3 Å². The topological polar surface area (TPSA) is 70.6 Å². The van der Waals surface area contributed by atoms with Crippen molar-refractivity contribution in [2.75, 3.05) is 11.9 Å². The zero-order chi connectivity index (χ0) is 11.3. The van der Waals surface area contributed by atoms with Crippen LogP contribution in [-0.4, -0.2) is 17.6 Å². The number of halogens is 1. The molecular weight excluding hydrogens is 197 g/mol. The van der Waals surface area contributed by atoms with E-state index in [-0.39, 0.29) is 11.7 Å². The smallest absolute Gasteiger partial charge is 0.146 e. The molecular formula is C10H14FN3O. The monoisotopic (exact) mass is 211 g/mol. The van der Waals surface area contributed by atoms with Gasteiger partial charge in [-0.2, -0.15) is 0 Å². The molecule has 0 aliphatic heterocycles. The van der Waals surface area contributed by atoms with E-state index in [4.69, 9.17) is 10.9 Å². The van der Waals surface area contributed by atoms with Crippen molar-refractivity contribution in [1.82, 2.24) is 0 Å². The highest BCUT2D eigenvalue weighted by Gasteiger charge is 2.01. The van der Waals surface area contributed by atoms with Gasteiger partial charge in [-0.25, -0.2) is 4.39 Å². The number of anilines is 1. The molecule has 4 N–H and O–H groups in total. The molecule has 5 heteroatoms. The maximum atomic E-state index is 13.3. The zero-order valence-corrected chi connectivity index (χ0v) is 8.50. The van der Waals surface area contributed by atoms with Crippen LogP contribution in [0.2, 0.25) is 0 Å². The van der Waals surface area contributed by atoms with Crippen molar-refractivity contribution >= 4 is 11.5 Å². The summed E-state index contributed by atoms with van der Waals surface area (Å²) >= 11 is 0. The summed E-state index contributed by atoms with van der Waals surface area (Å²) in [6.07, 6.45) is 0.365. The molecule has 1 rings (SSSR count). The standard InChI is InChI=1S/C10H14FN3O/c1-7-2-3-9(8(11)6-7)13-5-4-10(12)14-15/h2-3,6,13,15H,4-5H2,1H3,(H2,12,14). The summed E-state index contributed by atoms with van der Waals surface area (Å²) in [7, 11) is 0. The molecule has 0 aromatic heterocycles. The molecule has 1 aromatic carbocycles. The predicted molar refractivity (Wildman–Crippen MR) is 57.7 cm³/mol. The number of hydrogen-bond acceptors (Lipinski definition) is 3. The molecule has 0 amide bonds. The summed E-state index contributed by atoms with van der Waals surface area (Å²) in [4.78, 5) is 0. The SMILES string of the molecule is Cc1ccc(NCCC(N)=NO)c(F)c1. The Morgan fingerprint density at radius 1 is 1.60 bits per heavy atom. The second-order valence-corrected chi connectivity index (χ2v) is 3.25. The van der Waals surface area contributed by atoms with Crippen molar-refractivity contribution in [3.05, 3.63) is 29.6 Å². The number of amidine groups is 1. The van der Waals surface area contributed by atoms with Crippen molar-refractivity contribution < 1.29 is 9.60 Å². The summed E-state index contributed by atoms with van der Waals surface area (Å²) in [6.45, 7) is 2.25. The van der Waals surface area contributed by atoms with Gasteiger partial charge in [0.1, 0.15) is 11.7 Å². The molecule has 0 atom stereocenters. The van der Waals surface area contributed by atoms with Crippen molar-refractivity contribution in [3.63, 3.8) is 0 Å². The Morgan fingerprint density at radius 2 is 2.33 bits per heavy atom. The highest BCUT2D eigenvalue weighted by molar-refractivity contribution is 5.80. The molecule has 0 saturated carbocycles. The van der Waals surface area contributed by atoms with Crippen LogP contribution in [0.1, 0.15) is 12.0 Å². The molecule has 15 heavy (non-hydrogen) atoms. The van der Waals surface area contributed by atoms with E-state index >= 15 is 0 Å². The fourth-order valence-electron chi connectivity index (χ4n) is 1.14. The molecule has 0 bridgehead atoms. The van der Waals surface area contributed by atoms with Gasteiger partial charge in [0.25, 0.3) is 0 Å². The van der Waals surface area contributed by atoms with Gasteiger partial charge in [0.15, 0.2) is 0 Å². The Bertz CT molecular complexity index is 366. The Kier molecular flexibility index (Phi) is 3.91. The first-order chi connectivity index (χ1) is 7.13. The van der Waals surface area contributed by atoms with Gasteiger partial charge >= 0.3 is 0 Å². The molecule has 4 nitrogen and oxygen atoms in total. The normalized spacial score (nSPS) is 11.5. The van der Waals surface area contributed by atoms with Crippen LogP contribution in [0.4, 0.5) is 10.1 Å². The number of nitrogens with zero attached hydrogens (tertiary/aromatic N) is 1. The Hall–Kier alpha value is -1.78. The molecule has 0 spiro atoms. The Morgan fingerprint density at radius 3 is 2.93 bits per heavy atom. The summed E-state index contributed by atoms with van der Waals surface area (Å²) in [5.74, 6) is -0.176. The van der Waals surface area contributed by atoms with E-state index in [1.807, 2.05) is 13.0 Å². The number of hydrogen-bond donors (Lipinski definition) is 3. The minimum atomic E-state index is -0.297. The van der Waals surface area contributed by atoms with E-state index in [1.54, 1.807) is 6.07 Å². The first-order valence-corrected chi connectivity index (χ1v) is 4.60.